The van der Waals surface area contributed by atoms with E-state index in [2.05, 4.69) is 20.9 Å². The quantitative estimate of drug-likeness (QED) is 0.344. The van der Waals surface area contributed by atoms with Crippen molar-refractivity contribution in [3.63, 3.8) is 0 Å². The number of imidazole rings is 1. The molecule has 3 rings (SSSR count). The average Bonchev–Trinajstić information content (AvgIpc) is 3.63. The normalized spacial score (nSPS) is 8.64. The number of pyridine rings is 1. The Morgan fingerprint density at radius 3 is 0.866 bits per heavy atom. The largest absolute Gasteiger partial charge is 0.303 e. The monoisotopic (exact) mass is 1910 g/mol. The molecule has 386 valence electrons. The zero-order valence-corrected chi connectivity index (χ0v) is 72.6. The van der Waals surface area contributed by atoms with Gasteiger partial charge in [-0.25, -0.2) is 9.37 Å². The van der Waals surface area contributed by atoms with Crippen LogP contribution in [0, 0.1) is 12.7 Å². The number of benzene rings is 1. The first-order valence-electron chi connectivity index (χ1n) is 13.2. The fourth-order valence-corrected chi connectivity index (χ4v) is 132. The molecular formula is C12H8BrFN2S51. The summed E-state index contributed by atoms with van der Waals surface area (Å²) in [7, 11) is 87.5. The molecule has 0 radical (unpaired) electrons. The molecule has 0 saturated carbocycles. The van der Waals surface area contributed by atoms with Gasteiger partial charge in [0.15, 0.2) is 0 Å². The molecule has 67 heavy (non-hydrogen) atoms. The van der Waals surface area contributed by atoms with Crippen LogP contribution in [0.25, 0.3) is 16.4 Å². The minimum Gasteiger partial charge on any atom is -0.303 e. The molecule has 0 bridgehead atoms. The van der Waals surface area contributed by atoms with Crippen LogP contribution in [0.15, 0.2) is 35.1 Å². The van der Waals surface area contributed by atoms with Crippen LogP contribution in [-0.2, 0) is 458 Å². The molecule has 0 aliphatic heterocycles. The molecule has 0 aliphatic carbocycles. The molecular weight excluding hydrogens is 1910 g/mol. The minimum atomic E-state index is -0.223. The highest BCUT2D eigenvalue weighted by Crippen LogP contribution is 2.24. The van der Waals surface area contributed by atoms with Gasteiger partial charge in [0.1, 0.15) is 16.1 Å². The van der Waals surface area contributed by atoms with Crippen molar-refractivity contribution >= 4 is 490 Å². The predicted octanol–water partition coefficient (Wildman–Crippen LogP) is 3.58. The number of hydrogen-bond acceptors (Lipinski definition) is 3. The average molecular weight is 1910 g/mol. The molecule has 0 unspecified atom stereocenters. The third-order valence-corrected chi connectivity index (χ3v) is 112. The summed E-state index contributed by atoms with van der Waals surface area (Å²) in [5.74, 6) is -0.223. The van der Waals surface area contributed by atoms with E-state index in [0.29, 0.717) is 0 Å². The fraction of sp³-hybridized carbons (Fsp3) is 0.0833. The molecule has 0 aliphatic rings. The highest BCUT2D eigenvalue weighted by Gasteiger charge is 2.08. The highest BCUT2D eigenvalue weighted by atomic mass is 79.9. The molecule has 0 spiro atoms. The van der Waals surface area contributed by atoms with E-state index in [1.807, 2.05) is 334 Å². The fourth-order valence-electron chi connectivity index (χ4n) is 2.42. The van der Waals surface area contributed by atoms with Gasteiger partial charge < -0.3 is 4.40 Å². The van der Waals surface area contributed by atoms with Crippen LogP contribution in [0.5, 0.6) is 0 Å². The van der Waals surface area contributed by atoms with E-state index in [-0.39, 0.29) is 5.82 Å². The van der Waals surface area contributed by atoms with E-state index in [1.54, 1.807) is 113 Å². The van der Waals surface area contributed by atoms with Crippen LogP contribution in [0.4, 0.5) is 4.39 Å². The van der Waals surface area contributed by atoms with Crippen LogP contribution >= 0.6 is 15.9 Å². The Morgan fingerprint density at radius 1 is 0.388 bits per heavy atom. The van der Waals surface area contributed by atoms with E-state index in [0.717, 1.165) is 26.7 Å². The van der Waals surface area contributed by atoms with E-state index in [4.69, 9.17) is 22.4 Å². The molecule has 3 aromatic rings. The molecule has 0 fully saturated rings. The van der Waals surface area contributed by atoms with Crippen molar-refractivity contribution in [1.29, 1.82) is 0 Å². The first-order valence-corrected chi connectivity index (χ1v) is 80.7. The third kappa shape index (κ3) is 45.0. The first-order chi connectivity index (χ1) is 33.1. The van der Waals surface area contributed by atoms with Crippen LogP contribution in [0.1, 0.15) is 5.69 Å². The van der Waals surface area contributed by atoms with Gasteiger partial charge in [0.25, 0.3) is 0 Å². The number of nitrogens with zero attached hydrogens (tertiary/aromatic N) is 2. The summed E-state index contributed by atoms with van der Waals surface area (Å²) in [5, 5.41) is 1.82. The molecule has 1 aromatic carbocycles. The number of fused-ring (bicyclic) bond motifs is 3. The second-order valence-corrected chi connectivity index (χ2v) is 94.5. The molecule has 0 amide bonds. The maximum Gasteiger partial charge on any atom is 0.146 e. The minimum absolute atomic E-state index is 0.223. The third-order valence-electron chi connectivity index (χ3n) is 4.08. The van der Waals surface area contributed by atoms with Crippen LogP contribution in [0.3, 0.4) is 0 Å². The lowest BCUT2D eigenvalue weighted by Gasteiger charge is -2.01. The van der Waals surface area contributed by atoms with Gasteiger partial charge in [-0.2, -0.15) is 0 Å². The molecule has 2 heterocycles. The van der Waals surface area contributed by atoms with Gasteiger partial charge in [-0.15, -0.1) is 0 Å². The zero-order chi connectivity index (χ0) is 47.9. The Kier molecular flexibility index (Phi) is 62.7. The number of aromatic nitrogens is 2. The summed E-state index contributed by atoms with van der Waals surface area (Å²) in [6.07, 6.45) is 1.91. The van der Waals surface area contributed by atoms with Gasteiger partial charge in [0.2, 0.25) is 0 Å². The van der Waals surface area contributed by atoms with Gasteiger partial charge in [0, 0.05) is 469 Å². The van der Waals surface area contributed by atoms with Crippen molar-refractivity contribution in [2.45, 2.75) is 6.92 Å². The Labute approximate surface area is 542 Å². The highest BCUT2D eigenvalue weighted by molar-refractivity contribution is 9.10. The summed E-state index contributed by atoms with van der Waals surface area (Å²) in [5.41, 5.74) is 1.89. The van der Waals surface area contributed by atoms with Crippen molar-refractivity contribution in [1.82, 2.24) is 9.38 Å². The topological polar surface area (TPSA) is 17.3 Å². The molecule has 0 saturated heterocycles. The second-order valence-electron chi connectivity index (χ2n) is 7.06. The predicted molar refractivity (Wildman–Crippen MR) is 441 cm³/mol. The molecule has 0 N–H and O–H groups in total. The standard InChI is InChI=1S/C12H8BrFN2.S51/c1-7-11(13)15-12-10-3-2-9(14)6-8(10)4-5-16(7)12;1-3-5-7-9-11-13-15-17-19-21-23-25-27-29-31-33-35-37-39-41-43-45-47-49-51-50-48-46-44-42-40-38-36-34-32-30-28-26-24-22-20-18-16-14-12-10-8-6-4-2/h2-6H,1H3;. The van der Waals surface area contributed by atoms with E-state index < -0.39 is 0 Å². The van der Waals surface area contributed by atoms with Crippen molar-refractivity contribution in [2.24, 2.45) is 0 Å². The number of halogens is 2. The molecule has 55 heteroatoms. The van der Waals surface area contributed by atoms with Gasteiger partial charge >= 0.3 is 0 Å². The maximum absolute atomic E-state index is 13.1. The van der Waals surface area contributed by atoms with Crippen LogP contribution < -0.4 is 0 Å². The van der Waals surface area contributed by atoms with Crippen molar-refractivity contribution in [3.05, 3.63) is 46.6 Å². The van der Waals surface area contributed by atoms with Crippen molar-refractivity contribution in [3.8, 4) is 0 Å². The summed E-state index contributed by atoms with van der Waals surface area (Å²) in [6, 6.07) is 6.64. The Bertz CT molecular complexity index is 4480. The van der Waals surface area contributed by atoms with Crippen molar-refractivity contribution in [2.75, 3.05) is 0 Å². The number of hydrogen-bond donors (Lipinski definition) is 0. The summed E-state index contributed by atoms with van der Waals surface area (Å²) < 4.78 is 15.9. The Balaban J connectivity index is 0.000000788. The summed E-state index contributed by atoms with van der Waals surface area (Å²) in [4.78, 5) is 4.43. The summed E-state index contributed by atoms with van der Waals surface area (Å²) in [6.45, 7) is 1.99. The van der Waals surface area contributed by atoms with E-state index in [9.17, 15) is 4.39 Å². The van der Waals surface area contributed by atoms with Gasteiger partial charge in [0.05, 0.1) is 5.69 Å². The number of aryl methyl sites for hydroxylation is 1. The smallest absolute Gasteiger partial charge is 0.146 e. The Morgan fingerprint density at radius 2 is 0.627 bits per heavy atom. The zero-order valence-electron chi connectivity index (χ0n) is 29.4. The van der Waals surface area contributed by atoms with E-state index >= 15 is 0 Å². The lowest BCUT2D eigenvalue weighted by molar-refractivity contribution is 0.630. The lowest BCUT2D eigenvalue weighted by Crippen LogP contribution is -1.88. The van der Waals surface area contributed by atoms with Gasteiger partial charge in [-0.3, -0.25) is 0 Å². The maximum atomic E-state index is 13.1. The SMILES string of the molecule is Cc1c(Br)nc2c3ccc(F)cc3ccn12.S=S=S=S=S=S=S=S=S=S=S=S=S=S=S=S=S=S=S=S=S=S=S=S=S=S=S=S=S=S=S=S=S=S=S=S=S=S=S=S=S=S=S=S=S=S=S=S=S=S=S. The second kappa shape index (κ2) is 57.6. The Hall–Kier alpha value is 9.80. The lowest BCUT2D eigenvalue weighted by atomic mass is 10.1. The molecule has 2 nitrogen and oxygen atoms in total. The van der Waals surface area contributed by atoms with Gasteiger partial charge in [-0.05, 0) is 52.5 Å². The first kappa shape index (κ1) is 72.9. The number of rotatable bonds is 0. The van der Waals surface area contributed by atoms with Crippen LogP contribution in [0.2, 0.25) is 0 Å². The van der Waals surface area contributed by atoms with Crippen LogP contribution in [-0.4, -0.2) is 9.38 Å². The van der Waals surface area contributed by atoms with Crippen molar-refractivity contribution < 1.29 is 4.39 Å². The molecule has 2 aromatic heterocycles. The summed E-state index contributed by atoms with van der Waals surface area (Å²) >= 11 is 13.0. The molecule has 0 atom stereocenters. The van der Waals surface area contributed by atoms with Gasteiger partial charge in [-0.1, -0.05) is 0 Å². The van der Waals surface area contributed by atoms with E-state index in [1.165, 1.54) is 29.9 Å².